The number of nitrogens with zero attached hydrogens (tertiary/aromatic N) is 6. The molecule has 0 atom stereocenters. The number of aryl methyl sites for hydroxylation is 2. The van der Waals surface area contributed by atoms with Gasteiger partial charge in [0.15, 0.2) is 5.16 Å². The van der Waals surface area contributed by atoms with Gasteiger partial charge in [0.25, 0.3) is 0 Å². The lowest BCUT2D eigenvalue weighted by molar-refractivity contribution is 0.378. The Kier molecular flexibility index (Phi) is 5.24. The van der Waals surface area contributed by atoms with E-state index in [1.165, 1.54) is 0 Å². The van der Waals surface area contributed by atoms with Crippen LogP contribution in [0.3, 0.4) is 0 Å². The summed E-state index contributed by atoms with van der Waals surface area (Å²) in [5, 5.41) is 13.4. The molecule has 4 rings (SSSR count). The Labute approximate surface area is 160 Å². The first kappa shape index (κ1) is 17.4. The minimum Gasteiger partial charge on any atom is -0.339 e. The third kappa shape index (κ3) is 4.06. The molecule has 0 aliphatic rings. The molecule has 0 N–H and O–H groups in total. The molecule has 0 aliphatic heterocycles. The smallest absolute Gasteiger partial charge is 0.226 e. The number of thioether (sulfide) groups is 1. The molecule has 0 amide bonds. The predicted molar refractivity (Wildman–Crippen MR) is 103 cm³/mol. The monoisotopic (exact) mass is 378 g/mol. The molecule has 7 nitrogen and oxygen atoms in total. The van der Waals surface area contributed by atoms with Crippen LogP contribution in [0.4, 0.5) is 0 Å². The number of aromatic nitrogens is 6. The largest absolute Gasteiger partial charge is 0.339 e. The highest BCUT2D eigenvalue weighted by Crippen LogP contribution is 2.23. The van der Waals surface area contributed by atoms with Crippen molar-refractivity contribution in [3.8, 4) is 17.1 Å². The Morgan fingerprint density at radius 3 is 2.67 bits per heavy atom. The fourth-order valence-electron chi connectivity index (χ4n) is 2.67. The first-order valence-corrected chi connectivity index (χ1v) is 9.63. The van der Waals surface area contributed by atoms with E-state index in [1.54, 1.807) is 24.2 Å². The fraction of sp³-hybridized carbons (Fsp3) is 0.211. The van der Waals surface area contributed by atoms with Crippen LogP contribution in [0.15, 0.2) is 64.5 Å². The van der Waals surface area contributed by atoms with Gasteiger partial charge in [0, 0.05) is 35.8 Å². The van der Waals surface area contributed by atoms with Crippen LogP contribution in [0.5, 0.6) is 0 Å². The van der Waals surface area contributed by atoms with Gasteiger partial charge in [-0.15, -0.1) is 10.2 Å². The molecule has 0 bridgehead atoms. The summed E-state index contributed by atoms with van der Waals surface area (Å²) in [5.41, 5.74) is 1.97. The van der Waals surface area contributed by atoms with E-state index in [0.717, 1.165) is 40.8 Å². The summed E-state index contributed by atoms with van der Waals surface area (Å²) in [6.07, 6.45) is 5.06. The van der Waals surface area contributed by atoms with Crippen molar-refractivity contribution >= 4 is 11.8 Å². The van der Waals surface area contributed by atoms with Crippen molar-refractivity contribution in [2.45, 2.75) is 24.9 Å². The topological polar surface area (TPSA) is 82.5 Å². The standard InChI is InChI=1S/C19H18N6OS/c1-14-22-23-19(25(14)16-6-3-2-4-7-16)27-13-5-8-17-21-18(24-26-17)15-9-11-20-12-10-15/h2-4,6-7,9-12H,5,8,13H2,1H3. The Morgan fingerprint density at radius 2 is 1.85 bits per heavy atom. The second kappa shape index (κ2) is 8.13. The number of hydrogen-bond acceptors (Lipinski definition) is 7. The second-order valence-electron chi connectivity index (χ2n) is 5.90. The van der Waals surface area contributed by atoms with E-state index >= 15 is 0 Å². The molecule has 0 saturated heterocycles. The number of hydrogen-bond donors (Lipinski definition) is 0. The van der Waals surface area contributed by atoms with Gasteiger partial charge in [0.2, 0.25) is 11.7 Å². The molecule has 27 heavy (non-hydrogen) atoms. The number of para-hydroxylation sites is 1. The molecule has 0 saturated carbocycles. The molecule has 3 heterocycles. The van der Waals surface area contributed by atoms with Gasteiger partial charge in [-0.3, -0.25) is 9.55 Å². The van der Waals surface area contributed by atoms with Crippen LogP contribution in [0.2, 0.25) is 0 Å². The zero-order valence-electron chi connectivity index (χ0n) is 14.8. The summed E-state index contributed by atoms with van der Waals surface area (Å²) in [5.74, 6) is 3.00. The number of benzene rings is 1. The molecule has 4 aromatic rings. The Morgan fingerprint density at radius 1 is 1.04 bits per heavy atom. The average molecular weight is 378 g/mol. The normalized spacial score (nSPS) is 11.0. The molecule has 136 valence electrons. The van der Waals surface area contributed by atoms with Gasteiger partial charge in [0.05, 0.1) is 0 Å². The predicted octanol–water partition coefficient (Wildman–Crippen LogP) is 3.75. The van der Waals surface area contributed by atoms with Gasteiger partial charge in [0.1, 0.15) is 5.82 Å². The van der Waals surface area contributed by atoms with Crippen molar-refractivity contribution in [1.29, 1.82) is 0 Å². The Hall–Kier alpha value is -3.00. The average Bonchev–Trinajstić information content (AvgIpc) is 3.33. The van der Waals surface area contributed by atoms with Gasteiger partial charge in [-0.1, -0.05) is 35.1 Å². The number of pyridine rings is 1. The Balaban J connectivity index is 1.35. The zero-order chi connectivity index (χ0) is 18.5. The number of rotatable bonds is 7. The highest BCUT2D eigenvalue weighted by molar-refractivity contribution is 7.99. The van der Waals surface area contributed by atoms with Crippen molar-refractivity contribution in [1.82, 2.24) is 29.9 Å². The third-order valence-electron chi connectivity index (χ3n) is 3.98. The molecular weight excluding hydrogens is 360 g/mol. The third-order valence-corrected chi connectivity index (χ3v) is 5.00. The van der Waals surface area contributed by atoms with Gasteiger partial charge >= 0.3 is 0 Å². The molecule has 0 fully saturated rings. The van der Waals surface area contributed by atoms with Crippen molar-refractivity contribution in [2.24, 2.45) is 0 Å². The lowest BCUT2D eigenvalue weighted by Gasteiger charge is -2.07. The molecule has 8 heteroatoms. The van der Waals surface area contributed by atoms with Gasteiger partial charge in [-0.2, -0.15) is 4.98 Å². The zero-order valence-corrected chi connectivity index (χ0v) is 15.6. The van der Waals surface area contributed by atoms with Crippen LogP contribution in [0.1, 0.15) is 18.1 Å². The van der Waals surface area contributed by atoms with E-state index in [4.69, 9.17) is 4.52 Å². The van der Waals surface area contributed by atoms with Crippen molar-refractivity contribution in [3.05, 3.63) is 66.6 Å². The maximum Gasteiger partial charge on any atom is 0.226 e. The van der Waals surface area contributed by atoms with E-state index in [2.05, 4.69) is 42.0 Å². The van der Waals surface area contributed by atoms with Crippen LogP contribution in [-0.4, -0.2) is 35.6 Å². The summed E-state index contributed by atoms with van der Waals surface area (Å²) in [6, 6.07) is 13.9. The second-order valence-corrected chi connectivity index (χ2v) is 6.96. The molecule has 0 spiro atoms. The maximum atomic E-state index is 5.34. The van der Waals surface area contributed by atoms with E-state index in [1.807, 2.05) is 37.3 Å². The first-order chi connectivity index (χ1) is 13.3. The van der Waals surface area contributed by atoms with Crippen molar-refractivity contribution < 1.29 is 4.52 Å². The fourth-order valence-corrected chi connectivity index (χ4v) is 3.61. The van der Waals surface area contributed by atoms with E-state index in [9.17, 15) is 0 Å². The molecule has 1 aromatic carbocycles. The molecular formula is C19H18N6OS. The van der Waals surface area contributed by atoms with Crippen LogP contribution in [0.25, 0.3) is 17.1 Å². The SMILES string of the molecule is Cc1nnc(SCCCc2nc(-c3ccncc3)no2)n1-c1ccccc1. The molecule has 0 aliphatic carbocycles. The van der Waals surface area contributed by atoms with Crippen LogP contribution >= 0.6 is 11.8 Å². The van der Waals surface area contributed by atoms with Gasteiger partial charge in [-0.05, 0) is 37.6 Å². The quantitative estimate of drug-likeness (QED) is 0.358. The summed E-state index contributed by atoms with van der Waals surface area (Å²) < 4.78 is 7.41. The molecule has 3 aromatic heterocycles. The summed E-state index contributed by atoms with van der Waals surface area (Å²) in [7, 11) is 0. The van der Waals surface area contributed by atoms with Crippen LogP contribution in [0, 0.1) is 6.92 Å². The highest BCUT2D eigenvalue weighted by Gasteiger charge is 2.12. The summed E-state index contributed by atoms with van der Waals surface area (Å²) >= 11 is 1.68. The van der Waals surface area contributed by atoms with E-state index < -0.39 is 0 Å². The van der Waals surface area contributed by atoms with Crippen LogP contribution in [-0.2, 0) is 6.42 Å². The lowest BCUT2D eigenvalue weighted by Crippen LogP contribution is -1.99. The molecule has 0 radical (unpaired) electrons. The van der Waals surface area contributed by atoms with Gasteiger partial charge in [-0.25, -0.2) is 0 Å². The van der Waals surface area contributed by atoms with Crippen molar-refractivity contribution in [2.75, 3.05) is 5.75 Å². The van der Waals surface area contributed by atoms with Crippen molar-refractivity contribution in [3.63, 3.8) is 0 Å². The lowest BCUT2D eigenvalue weighted by atomic mass is 10.2. The summed E-state index contributed by atoms with van der Waals surface area (Å²) in [4.78, 5) is 8.44. The summed E-state index contributed by atoms with van der Waals surface area (Å²) in [6.45, 7) is 1.96. The van der Waals surface area contributed by atoms with Crippen LogP contribution < -0.4 is 0 Å². The Bertz CT molecular complexity index is 999. The highest BCUT2D eigenvalue weighted by atomic mass is 32.2. The minimum atomic E-state index is 0.597. The minimum absolute atomic E-state index is 0.597. The van der Waals surface area contributed by atoms with E-state index in [0.29, 0.717) is 11.7 Å². The first-order valence-electron chi connectivity index (χ1n) is 8.64. The maximum absolute atomic E-state index is 5.34. The van der Waals surface area contributed by atoms with E-state index in [-0.39, 0.29) is 0 Å². The molecule has 0 unspecified atom stereocenters. The van der Waals surface area contributed by atoms with Gasteiger partial charge < -0.3 is 4.52 Å².